The van der Waals surface area contributed by atoms with Crippen molar-refractivity contribution in [3.8, 4) is 6.07 Å². The minimum Gasteiger partial charge on any atom is -0.378 e. The molecule has 2 atom stereocenters. The molecule has 0 rings (SSSR count). The topological polar surface area (TPSA) is 45.0 Å². The van der Waals surface area contributed by atoms with Crippen LogP contribution >= 0.6 is 0 Å². The van der Waals surface area contributed by atoms with E-state index in [0.717, 1.165) is 19.4 Å². The molecule has 0 saturated carbocycles. The molecule has 2 unspecified atom stereocenters. The second-order valence-electron chi connectivity index (χ2n) is 6.40. The fourth-order valence-electron chi connectivity index (χ4n) is 2.57. The third-order valence-electron chi connectivity index (χ3n) is 3.45. The van der Waals surface area contributed by atoms with Crippen molar-refractivity contribution in [3.63, 3.8) is 0 Å². The highest BCUT2D eigenvalue weighted by Gasteiger charge is 2.27. The SMILES string of the molecule is CCCCCCCCOC(C)CC(C)(C#N)NC(C)C. The van der Waals surface area contributed by atoms with Crippen LogP contribution in [0.3, 0.4) is 0 Å². The first-order valence-corrected chi connectivity index (χ1v) is 8.24. The van der Waals surface area contributed by atoms with Gasteiger partial charge in [0.15, 0.2) is 0 Å². The Morgan fingerprint density at radius 2 is 1.70 bits per heavy atom. The van der Waals surface area contributed by atoms with Crippen molar-refractivity contribution < 1.29 is 4.74 Å². The summed E-state index contributed by atoms with van der Waals surface area (Å²) in [6.07, 6.45) is 8.55. The Labute approximate surface area is 126 Å². The molecule has 20 heavy (non-hydrogen) atoms. The van der Waals surface area contributed by atoms with Crippen LogP contribution in [0.15, 0.2) is 0 Å². The summed E-state index contributed by atoms with van der Waals surface area (Å²) in [4.78, 5) is 0. The molecule has 0 aliphatic heterocycles. The molecule has 0 spiro atoms. The molecule has 118 valence electrons. The zero-order valence-electron chi connectivity index (χ0n) is 14.2. The van der Waals surface area contributed by atoms with Crippen molar-refractivity contribution in [2.24, 2.45) is 0 Å². The monoisotopic (exact) mass is 282 g/mol. The van der Waals surface area contributed by atoms with Crippen LogP contribution in [0.1, 0.15) is 79.6 Å². The number of hydrogen-bond acceptors (Lipinski definition) is 3. The molecule has 0 heterocycles. The predicted octanol–water partition coefficient (Wildman–Crippen LogP) is 4.42. The number of nitriles is 1. The molecule has 0 bridgehead atoms. The van der Waals surface area contributed by atoms with E-state index < -0.39 is 5.54 Å². The van der Waals surface area contributed by atoms with Gasteiger partial charge in [0.25, 0.3) is 0 Å². The highest BCUT2D eigenvalue weighted by molar-refractivity contribution is 5.05. The van der Waals surface area contributed by atoms with E-state index in [9.17, 15) is 5.26 Å². The average Bonchev–Trinajstić information content (AvgIpc) is 2.36. The molecule has 1 N–H and O–H groups in total. The third kappa shape index (κ3) is 10.2. The number of nitrogens with zero attached hydrogens (tertiary/aromatic N) is 1. The van der Waals surface area contributed by atoms with Crippen LogP contribution in [0.5, 0.6) is 0 Å². The third-order valence-corrected chi connectivity index (χ3v) is 3.45. The summed E-state index contributed by atoms with van der Waals surface area (Å²) in [5.74, 6) is 0. The lowest BCUT2D eigenvalue weighted by Gasteiger charge is -2.28. The number of hydrogen-bond donors (Lipinski definition) is 1. The fourth-order valence-corrected chi connectivity index (χ4v) is 2.57. The number of ether oxygens (including phenoxy) is 1. The van der Waals surface area contributed by atoms with Crippen LogP contribution in [0.4, 0.5) is 0 Å². The average molecular weight is 282 g/mol. The van der Waals surface area contributed by atoms with Crippen molar-refractivity contribution in [2.45, 2.75) is 97.2 Å². The molecule has 0 aliphatic rings. The normalized spacial score (nSPS) is 15.8. The van der Waals surface area contributed by atoms with Gasteiger partial charge in [-0.1, -0.05) is 39.0 Å². The van der Waals surface area contributed by atoms with E-state index in [1.165, 1.54) is 32.1 Å². The van der Waals surface area contributed by atoms with Crippen molar-refractivity contribution in [3.05, 3.63) is 0 Å². The summed E-state index contributed by atoms with van der Waals surface area (Å²) in [5, 5.41) is 12.6. The highest BCUT2D eigenvalue weighted by atomic mass is 16.5. The Balaban J connectivity index is 3.76. The Kier molecular flexibility index (Phi) is 10.8. The van der Waals surface area contributed by atoms with E-state index in [1.807, 2.05) is 6.92 Å². The van der Waals surface area contributed by atoms with Crippen LogP contribution in [-0.4, -0.2) is 24.3 Å². The number of rotatable bonds is 12. The quantitative estimate of drug-likeness (QED) is 0.539. The predicted molar refractivity (Wildman–Crippen MR) is 85.7 cm³/mol. The van der Waals surface area contributed by atoms with E-state index >= 15 is 0 Å². The maximum Gasteiger partial charge on any atom is 0.106 e. The molecule has 0 aromatic rings. The van der Waals surface area contributed by atoms with Crippen LogP contribution in [-0.2, 0) is 4.74 Å². The second-order valence-corrected chi connectivity index (χ2v) is 6.40. The Morgan fingerprint density at radius 3 is 2.25 bits per heavy atom. The molecule has 0 radical (unpaired) electrons. The van der Waals surface area contributed by atoms with Gasteiger partial charge >= 0.3 is 0 Å². The Hall–Kier alpha value is -0.590. The molecule has 0 aliphatic carbocycles. The summed E-state index contributed by atoms with van der Waals surface area (Å²) in [6, 6.07) is 2.68. The molecule has 0 aromatic heterocycles. The van der Waals surface area contributed by atoms with Gasteiger partial charge in [0.2, 0.25) is 0 Å². The first kappa shape index (κ1) is 19.4. The summed E-state index contributed by atoms with van der Waals surface area (Å²) < 4.78 is 5.84. The van der Waals surface area contributed by atoms with Crippen LogP contribution in [0.2, 0.25) is 0 Å². The van der Waals surface area contributed by atoms with Gasteiger partial charge in [0, 0.05) is 19.1 Å². The van der Waals surface area contributed by atoms with Crippen molar-refractivity contribution in [1.29, 1.82) is 5.26 Å². The molecule has 3 nitrogen and oxygen atoms in total. The lowest BCUT2D eigenvalue weighted by Crippen LogP contribution is -2.47. The standard InChI is InChI=1S/C17H34N2O/c1-6-7-8-9-10-11-12-20-16(4)13-17(5,14-18)19-15(2)3/h15-16,19H,6-13H2,1-5H3. The summed E-state index contributed by atoms with van der Waals surface area (Å²) in [7, 11) is 0. The Bertz CT molecular complexity index is 273. The number of unbranched alkanes of at least 4 members (excludes halogenated alkanes) is 5. The van der Waals surface area contributed by atoms with Crippen molar-refractivity contribution >= 4 is 0 Å². The highest BCUT2D eigenvalue weighted by Crippen LogP contribution is 2.15. The van der Waals surface area contributed by atoms with Crippen molar-refractivity contribution in [1.82, 2.24) is 5.32 Å². The van der Waals surface area contributed by atoms with E-state index in [4.69, 9.17) is 4.74 Å². The van der Waals surface area contributed by atoms with Gasteiger partial charge in [0.05, 0.1) is 12.2 Å². The largest absolute Gasteiger partial charge is 0.378 e. The van der Waals surface area contributed by atoms with Gasteiger partial charge in [-0.25, -0.2) is 0 Å². The molecular weight excluding hydrogens is 248 g/mol. The molecular formula is C17H34N2O. The van der Waals surface area contributed by atoms with Gasteiger partial charge in [-0.3, -0.25) is 5.32 Å². The fraction of sp³-hybridized carbons (Fsp3) is 0.941. The van der Waals surface area contributed by atoms with Crippen LogP contribution in [0, 0.1) is 11.3 Å². The summed E-state index contributed by atoms with van der Waals surface area (Å²) in [6.45, 7) is 11.2. The van der Waals surface area contributed by atoms with Gasteiger partial charge in [0.1, 0.15) is 5.54 Å². The van der Waals surface area contributed by atoms with Gasteiger partial charge in [-0.2, -0.15) is 5.26 Å². The lowest BCUT2D eigenvalue weighted by molar-refractivity contribution is 0.0442. The molecule has 0 amide bonds. The van der Waals surface area contributed by atoms with Gasteiger partial charge in [-0.15, -0.1) is 0 Å². The van der Waals surface area contributed by atoms with E-state index in [-0.39, 0.29) is 6.10 Å². The first-order chi connectivity index (χ1) is 9.43. The minimum atomic E-state index is -0.491. The smallest absolute Gasteiger partial charge is 0.106 e. The summed E-state index contributed by atoms with van der Waals surface area (Å²) in [5.41, 5.74) is -0.491. The Morgan fingerprint density at radius 1 is 1.10 bits per heavy atom. The van der Waals surface area contributed by atoms with Gasteiger partial charge < -0.3 is 4.74 Å². The van der Waals surface area contributed by atoms with Crippen LogP contribution < -0.4 is 5.32 Å². The lowest BCUT2D eigenvalue weighted by atomic mass is 9.95. The second kappa shape index (κ2) is 11.1. The molecule has 0 fully saturated rings. The van der Waals surface area contributed by atoms with E-state index in [1.54, 1.807) is 0 Å². The molecule has 0 aromatic carbocycles. The van der Waals surface area contributed by atoms with E-state index in [0.29, 0.717) is 6.04 Å². The van der Waals surface area contributed by atoms with Crippen LogP contribution in [0.25, 0.3) is 0 Å². The van der Waals surface area contributed by atoms with Crippen molar-refractivity contribution in [2.75, 3.05) is 6.61 Å². The first-order valence-electron chi connectivity index (χ1n) is 8.24. The van der Waals surface area contributed by atoms with Gasteiger partial charge in [-0.05, 0) is 34.1 Å². The molecule has 0 saturated heterocycles. The maximum absolute atomic E-state index is 9.31. The zero-order chi connectivity index (χ0) is 15.4. The zero-order valence-corrected chi connectivity index (χ0v) is 14.2. The molecule has 3 heteroatoms. The summed E-state index contributed by atoms with van der Waals surface area (Å²) >= 11 is 0. The minimum absolute atomic E-state index is 0.126. The maximum atomic E-state index is 9.31. The van der Waals surface area contributed by atoms with E-state index in [2.05, 4.69) is 39.1 Å². The number of nitrogens with one attached hydrogen (secondary N) is 1.